The summed E-state index contributed by atoms with van der Waals surface area (Å²) in [4.78, 5) is 15.5. The van der Waals surface area contributed by atoms with Crippen molar-refractivity contribution in [2.75, 3.05) is 32.1 Å². The Morgan fingerprint density at radius 3 is 2.40 bits per heavy atom. The predicted molar refractivity (Wildman–Crippen MR) is 120 cm³/mol. The van der Waals surface area contributed by atoms with E-state index in [1.54, 1.807) is 37.5 Å². The van der Waals surface area contributed by atoms with Crippen LogP contribution in [0.1, 0.15) is 18.9 Å². The number of anilines is 1. The molecule has 0 fully saturated rings. The predicted octanol–water partition coefficient (Wildman–Crippen LogP) is 3.58. The van der Waals surface area contributed by atoms with Gasteiger partial charge < -0.3 is 9.80 Å². The van der Waals surface area contributed by atoms with E-state index in [-0.39, 0.29) is 10.8 Å². The Kier molecular flexibility index (Phi) is 5.26. The molecule has 1 aliphatic heterocycles. The smallest absolute Gasteiger partial charge is 0.268 e. The molecule has 0 spiro atoms. The minimum atomic E-state index is -3.78. The first kappa shape index (κ1) is 20.4. The van der Waals surface area contributed by atoms with Crippen LogP contribution >= 0.6 is 0 Å². The van der Waals surface area contributed by atoms with Crippen molar-refractivity contribution in [3.63, 3.8) is 0 Å². The van der Waals surface area contributed by atoms with E-state index in [4.69, 9.17) is 0 Å². The molecule has 1 aromatic heterocycles. The summed E-state index contributed by atoms with van der Waals surface area (Å²) >= 11 is 0. The molecular formula is C23H25N3O3S. The maximum atomic E-state index is 13.5. The molecule has 0 radical (unpaired) electrons. The number of fused-ring (bicyclic) bond motifs is 1. The molecule has 1 amide bonds. The summed E-state index contributed by atoms with van der Waals surface area (Å²) in [7, 11) is -0.0441. The molecule has 0 atom stereocenters. The Morgan fingerprint density at radius 2 is 1.77 bits per heavy atom. The number of hydrogen-bond donors (Lipinski definition) is 0. The van der Waals surface area contributed by atoms with Gasteiger partial charge in [0.2, 0.25) is 5.91 Å². The number of aromatic nitrogens is 1. The van der Waals surface area contributed by atoms with E-state index in [1.807, 2.05) is 24.3 Å². The second kappa shape index (κ2) is 7.74. The summed E-state index contributed by atoms with van der Waals surface area (Å²) in [5, 5.41) is 0.935. The van der Waals surface area contributed by atoms with Crippen molar-refractivity contribution in [2.45, 2.75) is 18.2 Å². The average Bonchev–Trinajstić information content (AvgIpc) is 3.14. The Morgan fingerprint density at radius 1 is 1.07 bits per heavy atom. The molecule has 2 heterocycles. The first-order chi connectivity index (χ1) is 14.3. The summed E-state index contributed by atoms with van der Waals surface area (Å²) in [6, 6.07) is 14.0. The lowest BCUT2D eigenvalue weighted by molar-refractivity contribution is -0.116. The van der Waals surface area contributed by atoms with Gasteiger partial charge >= 0.3 is 0 Å². The van der Waals surface area contributed by atoms with Crippen LogP contribution in [-0.4, -0.2) is 50.4 Å². The third kappa shape index (κ3) is 3.55. The first-order valence-corrected chi connectivity index (χ1v) is 11.3. The highest BCUT2D eigenvalue weighted by molar-refractivity contribution is 7.90. The molecule has 156 valence electrons. The standard InChI is InChI=1S/C23H25N3O3S/c1-17(27)25(3)19-8-10-20(11-9-19)30(28,29)26-16-22(18-12-14-24(2)15-13-18)21-6-4-5-7-23(21)26/h4-12,16H,13-15H2,1-3H3. The molecule has 0 saturated heterocycles. The van der Waals surface area contributed by atoms with Crippen molar-refractivity contribution in [1.29, 1.82) is 0 Å². The van der Waals surface area contributed by atoms with Crippen LogP contribution in [-0.2, 0) is 14.8 Å². The molecule has 3 aromatic rings. The van der Waals surface area contributed by atoms with Gasteiger partial charge in [-0.3, -0.25) is 4.79 Å². The van der Waals surface area contributed by atoms with E-state index < -0.39 is 10.0 Å². The van der Waals surface area contributed by atoms with E-state index in [0.717, 1.165) is 30.5 Å². The van der Waals surface area contributed by atoms with Crippen LogP contribution in [0.2, 0.25) is 0 Å². The van der Waals surface area contributed by atoms with Crippen LogP contribution in [0.5, 0.6) is 0 Å². The Bertz CT molecular complexity index is 1240. The average molecular weight is 424 g/mol. The fraction of sp³-hybridized carbons (Fsp3) is 0.261. The molecule has 1 aliphatic rings. The van der Waals surface area contributed by atoms with Gasteiger partial charge in [0.25, 0.3) is 10.0 Å². The zero-order chi connectivity index (χ0) is 21.5. The molecule has 0 N–H and O–H groups in total. The second-order valence-electron chi connectivity index (χ2n) is 7.67. The van der Waals surface area contributed by atoms with Crippen LogP contribution in [0.3, 0.4) is 0 Å². The highest BCUT2D eigenvalue weighted by Crippen LogP contribution is 2.33. The van der Waals surface area contributed by atoms with Crippen molar-refractivity contribution in [2.24, 2.45) is 0 Å². The van der Waals surface area contributed by atoms with Gasteiger partial charge in [0.1, 0.15) is 0 Å². The molecule has 2 aromatic carbocycles. The van der Waals surface area contributed by atoms with Gasteiger partial charge in [-0.25, -0.2) is 12.4 Å². The van der Waals surface area contributed by atoms with Gasteiger partial charge in [-0.15, -0.1) is 0 Å². The third-order valence-electron chi connectivity index (χ3n) is 5.69. The lowest BCUT2D eigenvalue weighted by Gasteiger charge is -2.21. The minimum absolute atomic E-state index is 0.113. The summed E-state index contributed by atoms with van der Waals surface area (Å²) in [5.74, 6) is -0.113. The lowest BCUT2D eigenvalue weighted by atomic mass is 9.99. The van der Waals surface area contributed by atoms with Crippen molar-refractivity contribution in [1.82, 2.24) is 8.87 Å². The number of hydrogen-bond acceptors (Lipinski definition) is 4. The molecule has 0 unspecified atom stereocenters. The summed E-state index contributed by atoms with van der Waals surface area (Å²) < 4.78 is 28.3. The van der Waals surface area contributed by atoms with Gasteiger partial charge in [0.15, 0.2) is 0 Å². The number of para-hydroxylation sites is 1. The highest BCUT2D eigenvalue weighted by atomic mass is 32.2. The minimum Gasteiger partial charge on any atom is -0.316 e. The van der Waals surface area contributed by atoms with E-state index in [0.29, 0.717) is 11.2 Å². The number of carbonyl (C=O) groups is 1. The van der Waals surface area contributed by atoms with E-state index in [9.17, 15) is 13.2 Å². The Balaban J connectivity index is 1.80. The molecule has 6 nitrogen and oxygen atoms in total. The van der Waals surface area contributed by atoms with Crippen molar-refractivity contribution in [3.8, 4) is 0 Å². The van der Waals surface area contributed by atoms with Crippen LogP contribution in [0.4, 0.5) is 5.69 Å². The monoisotopic (exact) mass is 423 g/mol. The number of amides is 1. The molecule has 30 heavy (non-hydrogen) atoms. The Labute approximate surface area is 177 Å². The topological polar surface area (TPSA) is 62.6 Å². The lowest BCUT2D eigenvalue weighted by Crippen LogP contribution is -2.23. The van der Waals surface area contributed by atoms with Crippen molar-refractivity contribution >= 4 is 38.1 Å². The quantitative estimate of drug-likeness (QED) is 0.644. The van der Waals surface area contributed by atoms with Gasteiger partial charge in [-0.05, 0) is 49.4 Å². The molecular weight excluding hydrogens is 398 g/mol. The highest BCUT2D eigenvalue weighted by Gasteiger charge is 2.23. The van der Waals surface area contributed by atoms with Crippen LogP contribution in [0.25, 0.3) is 16.5 Å². The maximum absolute atomic E-state index is 13.5. The zero-order valence-corrected chi connectivity index (χ0v) is 18.2. The molecule has 0 aliphatic carbocycles. The van der Waals surface area contributed by atoms with Crippen LogP contribution < -0.4 is 4.90 Å². The van der Waals surface area contributed by atoms with Gasteiger partial charge in [-0.1, -0.05) is 24.3 Å². The second-order valence-corrected chi connectivity index (χ2v) is 9.49. The number of nitrogens with zero attached hydrogens (tertiary/aromatic N) is 3. The van der Waals surface area contributed by atoms with Gasteiger partial charge in [0.05, 0.1) is 10.4 Å². The summed E-state index contributed by atoms with van der Waals surface area (Å²) in [6.07, 6.45) is 4.80. The van der Waals surface area contributed by atoms with Gasteiger partial charge in [-0.2, -0.15) is 0 Å². The summed E-state index contributed by atoms with van der Waals surface area (Å²) in [5.41, 5.74) is 3.46. The van der Waals surface area contributed by atoms with E-state index in [2.05, 4.69) is 18.0 Å². The Hall–Kier alpha value is -2.90. The van der Waals surface area contributed by atoms with Gasteiger partial charge in [0, 0.05) is 49.9 Å². The number of benzene rings is 2. The molecule has 0 bridgehead atoms. The number of likely N-dealkylation sites (N-methyl/N-ethyl adjacent to an activating group) is 1. The maximum Gasteiger partial charge on any atom is 0.268 e. The van der Waals surface area contributed by atoms with Crippen LogP contribution in [0, 0.1) is 0 Å². The molecule has 4 rings (SSSR count). The van der Waals surface area contributed by atoms with Crippen molar-refractivity contribution in [3.05, 3.63) is 66.4 Å². The van der Waals surface area contributed by atoms with E-state index >= 15 is 0 Å². The largest absolute Gasteiger partial charge is 0.316 e. The van der Waals surface area contributed by atoms with Crippen molar-refractivity contribution < 1.29 is 13.2 Å². The SMILES string of the molecule is CC(=O)N(C)c1ccc(S(=O)(=O)n2cc(C3=CCN(C)CC3)c3ccccc32)cc1. The van der Waals surface area contributed by atoms with E-state index in [1.165, 1.54) is 21.4 Å². The number of rotatable bonds is 4. The third-order valence-corrected chi connectivity index (χ3v) is 7.38. The fourth-order valence-corrected chi connectivity index (χ4v) is 5.13. The first-order valence-electron chi connectivity index (χ1n) is 9.87. The fourth-order valence-electron chi connectivity index (χ4n) is 3.76. The van der Waals surface area contributed by atoms with Crippen LogP contribution in [0.15, 0.2) is 65.7 Å². The normalized spacial score (nSPS) is 15.2. The molecule has 7 heteroatoms. The molecule has 0 saturated carbocycles. The zero-order valence-electron chi connectivity index (χ0n) is 17.4. The summed E-state index contributed by atoms with van der Waals surface area (Å²) in [6.45, 7) is 3.27. The number of carbonyl (C=O) groups excluding carboxylic acids is 1.